The molecule has 0 N–H and O–H groups in total. The highest BCUT2D eigenvalue weighted by Gasteiger charge is 2.22. The van der Waals surface area contributed by atoms with Crippen LogP contribution in [-0.4, -0.2) is 53.8 Å². The van der Waals surface area contributed by atoms with Crippen molar-refractivity contribution in [3.63, 3.8) is 0 Å². The molecule has 0 spiro atoms. The van der Waals surface area contributed by atoms with E-state index in [1.807, 2.05) is 4.90 Å². The average Bonchev–Trinajstić information content (AvgIpc) is 2.27. The summed E-state index contributed by atoms with van der Waals surface area (Å²) in [4.78, 5) is 15.6. The van der Waals surface area contributed by atoms with Gasteiger partial charge in [0.25, 0.3) is 0 Å². The summed E-state index contributed by atoms with van der Waals surface area (Å²) in [6.45, 7) is 8.06. The maximum atomic E-state index is 11.3. The number of alkyl halides is 1. The molecule has 1 aliphatic heterocycles. The molecule has 3 nitrogen and oxygen atoms in total. The molecule has 0 aromatic carbocycles. The van der Waals surface area contributed by atoms with Crippen molar-refractivity contribution in [2.24, 2.45) is 0 Å². The molecule has 82 valence electrons. The first kappa shape index (κ1) is 11.8. The van der Waals surface area contributed by atoms with E-state index in [2.05, 4.69) is 18.7 Å². The van der Waals surface area contributed by atoms with Gasteiger partial charge in [-0.3, -0.25) is 9.69 Å². The molecule has 1 unspecified atom stereocenters. The van der Waals surface area contributed by atoms with E-state index >= 15 is 0 Å². The van der Waals surface area contributed by atoms with Crippen LogP contribution in [0.4, 0.5) is 0 Å². The number of carbonyl (C=O) groups is 1. The van der Waals surface area contributed by atoms with Crippen LogP contribution in [0.15, 0.2) is 0 Å². The number of nitrogens with zero attached hydrogens (tertiary/aromatic N) is 2. The molecule has 1 heterocycles. The van der Waals surface area contributed by atoms with Crippen LogP contribution < -0.4 is 0 Å². The van der Waals surface area contributed by atoms with Gasteiger partial charge in [0, 0.05) is 32.2 Å². The van der Waals surface area contributed by atoms with Crippen LogP contribution in [0.3, 0.4) is 0 Å². The lowest BCUT2D eigenvalue weighted by molar-refractivity contribution is -0.130. The second-order valence-corrected chi connectivity index (χ2v) is 4.07. The molecule has 0 radical (unpaired) electrons. The van der Waals surface area contributed by atoms with E-state index < -0.39 is 0 Å². The molecule has 1 amide bonds. The zero-order valence-electron chi connectivity index (χ0n) is 9.00. The fourth-order valence-electron chi connectivity index (χ4n) is 1.75. The van der Waals surface area contributed by atoms with Crippen molar-refractivity contribution in [1.29, 1.82) is 0 Å². The van der Waals surface area contributed by atoms with Gasteiger partial charge in [0.1, 0.15) is 5.88 Å². The summed E-state index contributed by atoms with van der Waals surface area (Å²) in [6, 6.07) is 0.628. The minimum atomic E-state index is 0.0652. The first-order valence-electron chi connectivity index (χ1n) is 5.26. The topological polar surface area (TPSA) is 23.6 Å². The lowest BCUT2D eigenvalue weighted by Crippen LogP contribution is -2.51. The highest BCUT2D eigenvalue weighted by molar-refractivity contribution is 6.27. The van der Waals surface area contributed by atoms with Crippen molar-refractivity contribution >= 4 is 17.5 Å². The van der Waals surface area contributed by atoms with Crippen molar-refractivity contribution in [3.8, 4) is 0 Å². The molecule has 0 aromatic heterocycles. The summed E-state index contributed by atoms with van der Waals surface area (Å²) in [6.07, 6.45) is 1.17. The van der Waals surface area contributed by atoms with Crippen molar-refractivity contribution in [2.75, 3.05) is 32.1 Å². The van der Waals surface area contributed by atoms with Gasteiger partial charge in [-0.25, -0.2) is 0 Å². The maximum absolute atomic E-state index is 11.3. The van der Waals surface area contributed by atoms with Gasteiger partial charge >= 0.3 is 0 Å². The molecule has 0 aromatic rings. The normalized spacial score (nSPS) is 20.9. The molecule has 4 heteroatoms. The summed E-state index contributed by atoms with van der Waals surface area (Å²) >= 11 is 5.51. The summed E-state index contributed by atoms with van der Waals surface area (Å²) in [5, 5.41) is 0. The van der Waals surface area contributed by atoms with Crippen molar-refractivity contribution in [3.05, 3.63) is 0 Å². The Kier molecular flexibility index (Phi) is 4.69. The standard InChI is InChI=1S/C10H19ClN2O/c1-3-9(2)12-4-6-13(7-5-12)10(14)8-11/h9H,3-8H2,1-2H3. The molecule has 1 fully saturated rings. The van der Waals surface area contributed by atoms with Gasteiger partial charge in [-0.1, -0.05) is 6.92 Å². The molecule has 0 bridgehead atoms. The van der Waals surface area contributed by atoms with Crippen molar-refractivity contribution in [1.82, 2.24) is 9.80 Å². The minimum absolute atomic E-state index is 0.0652. The second kappa shape index (κ2) is 5.56. The Morgan fingerprint density at radius 1 is 1.36 bits per heavy atom. The maximum Gasteiger partial charge on any atom is 0.237 e. The first-order chi connectivity index (χ1) is 6.69. The van der Waals surface area contributed by atoms with Gasteiger partial charge in [-0.2, -0.15) is 0 Å². The highest BCUT2D eigenvalue weighted by atomic mass is 35.5. The second-order valence-electron chi connectivity index (χ2n) is 3.81. The Balaban J connectivity index is 2.34. The van der Waals surface area contributed by atoms with Crippen LogP contribution >= 0.6 is 11.6 Å². The van der Waals surface area contributed by atoms with E-state index in [9.17, 15) is 4.79 Å². The third kappa shape index (κ3) is 2.85. The number of hydrogen-bond donors (Lipinski definition) is 0. The molecule has 14 heavy (non-hydrogen) atoms. The highest BCUT2D eigenvalue weighted by Crippen LogP contribution is 2.08. The van der Waals surface area contributed by atoms with Crippen LogP contribution in [0.2, 0.25) is 0 Å². The number of piperazine rings is 1. The van der Waals surface area contributed by atoms with Crippen LogP contribution in [0.5, 0.6) is 0 Å². The Morgan fingerprint density at radius 3 is 2.36 bits per heavy atom. The summed E-state index contributed by atoms with van der Waals surface area (Å²) in [5.74, 6) is 0.180. The predicted molar refractivity (Wildman–Crippen MR) is 58.6 cm³/mol. The third-order valence-electron chi connectivity index (χ3n) is 3.00. The van der Waals surface area contributed by atoms with Gasteiger partial charge < -0.3 is 4.90 Å². The zero-order chi connectivity index (χ0) is 10.6. The third-order valence-corrected chi connectivity index (χ3v) is 3.22. The van der Waals surface area contributed by atoms with E-state index in [-0.39, 0.29) is 11.8 Å². The molecule has 0 aliphatic carbocycles. The van der Waals surface area contributed by atoms with Crippen LogP contribution in [0, 0.1) is 0 Å². The number of hydrogen-bond acceptors (Lipinski definition) is 2. The first-order valence-corrected chi connectivity index (χ1v) is 5.80. The quantitative estimate of drug-likeness (QED) is 0.664. The summed E-state index contributed by atoms with van der Waals surface area (Å²) in [5.41, 5.74) is 0. The smallest absolute Gasteiger partial charge is 0.237 e. The largest absolute Gasteiger partial charge is 0.339 e. The number of carbonyl (C=O) groups excluding carboxylic acids is 1. The Bertz CT molecular complexity index is 191. The molecule has 1 rings (SSSR count). The van der Waals surface area contributed by atoms with Crippen LogP contribution in [0.1, 0.15) is 20.3 Å². The summed E-state index contributed by atoms with van der Waals surface area (Å²) in [7, 11) is 0. The van der Waals surface area contributed by atoms with Crippen molar-refractivity contribution in [2.45, 2.75) is 26.3 Å². The Morgan fingerprint density at radius 2 is 1.93 bits per heavy atom. The molecular formula is C10H19ClN2O. The van der Waals surface area contributed by atoms with Crippen molar-refractivity contribution < 1.29 is 4.79 Å². The number of amides is 1. The zero-order valence-corrected chi connectivity index (χ0v) is 9.76. The monoisotopic (exact) mass is 218 g/mol. The number of halogens is 1. The van der Waals surface area contributed by atoms with Gasteiger partial charge in [-0.15, -0.1) is 11.6 Å². The van der Waals surface area contributed by atoms with E-state index in [4.69, 9.17) is 11.6 Å². The van der Waals surface area contributed by atoms with E-state index in [0.717, 1.165) is 26.2 Å². The Labute approximate surface area is 91.0 Å². The fraction of sp³-hybridized carbons (Fsp3) is 0.900. The fourth-order valence-corrected chi connectivity index (χ4v) is 1.92. The number of rotatable bonds is 3. The van der Waals surface area contributed by atoms with Gasteiger partial charge in [0.15, 0.2) is 0 Å². The Hall–Kier alpha value is -0.280. The van der Waals surface area contributed by atoms with Crippen LogP contribution in [-0.2, 0) is 4.79 Å². The molecule has 0 saturated carbocycles. The SMILES string of the molecule is CCC(C)N1CCN(C(=O)CCl)CC1. The molecule has 1 aliphatic rings. The van der Waals surface area contributed by atoms with E-state index in [0.29, 0.717) is 6.04 Å². The van der Waals surface area contributed by atoms with Gasteiger partial charge in [0.05, 0.1) is 0 Å². The predicted octanol–water partition coefficient (Wildman–Crippen LogP) is 1.17. The van der Waals surface area contributed by atoms with E-state index in [1.54, 1.807) is 0 Å². The van der Waals surface area contributed by atoms with E-state index in [1.165, 1.54) is 6.42 Å². The minimum Gasteiger partial charge on any atom is -0.339 e. The molecule has 1 atom stereocenters. The van der Waals surface area contributed by atoms with Gasteiger partial charge in [-0.05, 0) is 13.3 Å². The molecular weight excluding hydrogens is 200 g/mol. The lowest BCUT2D eigenvalue weighted by atomic mass is 10.2. The molecule has 1 saturated heterocycles. The lowest BCUT2D eigenvalue weighted by Gasteiger charge is -2.37. The summed E-state index contributed by atoms with van der Waals surface area (Å²) < 4.78 is 0. The van der Waals surface area contributed by atoms with Crippen LogP contribution in [0.25, 0.3) is 0 Å². The van der Waals surface area contributed by atoms with Gasteiger partial charge in [0.2, 0.25) is 5.91 Å². The average molecular weight is 219 g/mol.